The maximum atomic E-state index is 13.1. The molecule has 0 spiro atoms. The number of aromatic amines is 1. The third-order valence-electron chi connectivity index (χ3n) is 5.46. The molecule has 10 heteroatoms. The Morgan fingerprint density at radius 3 is 2.51 bits per heavy atom. The van der Waals surface area contributed by atoms with Gasteiger partial charge in [0.1, 0.15) is 11.4 Å². The number of thioether (sulfide) groups is 1. The van der Waals surface area contributed by atoms with Crippen LogP contribution in [-0.4, -0.2) is 44.4 Å². The molecule has 0 aliphatic heterocycles. The van der Waals surface area contributed by atoms with E-state index in [-0.39, 0.29) is 30.3 Å². The molecule has 0 saturated carbocycles. The highest BCUT2D eigenvalue weighted by molar-refractivity contribution is 7.99. The number of hydrogen-bond acceptors (Lipinski definition) is 7. The number of carbonyl (C=O) groups excluding carboxylic acids is 1. The van der Waals surface area contributed by atoms with Gasteiger partial charge in [0.25, 0.3) is 5.56 Å². The van der Waals surface area contributed by atoms with Gasteiger partial charge in [-0.15, -0.1) is 0 Å². The van der Waals surface area contributed by atoms with E-state index in [0.717, 1.165) is 27.1 Å². The number of ketones is 1. The summed E-state index contributed by atoms with van der Waals surface area (Å²) in [5.41, 5.74) is 8.18. The van der Waals surface area contributed by atoms with Crippen molar-refractivity contribution in [2.24, 2.45) is 0 Å². The monoisotopic (exact) mass is 491 g/mol. The van der Waals surface area contributed by atoms with Gasteiger partial charge in [0.2, 0.25) is 0 Å². The number of nitrogen functional groups attached to an aromatic ring is 1. The third kappa shape index (κ3) is 5.13. The van der Waals surface area contributed by atoms with E-state index in [2.05, 4.69) is 9.97 Å². The van der Waals surface area contributed by atoms with Crippen molar-refractivity contribution < 1.29 is 9.53 Å². The zero-order valence-corrected chi connectivity index (χ0v) is 20.2. The first kappa shape index (κ1) is 24.2. The van der Waals surface area contributed by atoms with Crippen LogP contribution in [0.25, 0.3) is 16.9 Å². The van der Waals surface area contributed by atoms with Crippen LogP contribution in [0.3, 0.4) is 0 Å². The van der Waals surface area contributed by atoms with E-state index in [0.29, 0.717) is 5.16 Å². The number of carbonyl (C=O) groups is 1. The lowest BCUT2D eigenvalue weighted by Gasteiger charge is -2.13. The summed E-state index contributed by atoms with van der Waals surface area (Å²) in [5, 5.41) is 0.587. The van der Waals surface area contributed by atoms with Crippen molar-refractivity contribution in [1.82, 2.24) is 19.1 Å². The number of hydrogen-bond donors (Lipinski definition) is 2. The quantitative estimate of drug-likeness (QED) is 0.272. The molecular weight excluding hydrogens is 466 g/mol. The average molecular weight is 492 g/mol. The maximum Gasteiger partial charge on any atom is 0.330 e. The Morgan fingerprint density at radius 1 is 1.11 bits per heavy atom. The number of nitrogens with one attached hydrogen (secondary N) is 1. The van der Waals surface area contributed by atoms with Gasteiger partial charge in [-0.25, -0.2) is 9.78 Å². The van der Waals surface area contributed by atoms with Crippen LogP contribution in [-0.2, 0) is 11.3 Å². The average Bonchev–Trinajstić information content (AvgIpc) is 3.27. The van der Waals surface area contributed by atoms with Crippen LogP contribution in [0.5, 0.6) is 0 Å². The molecule has 0 aliphatic carbocycles. The first-order chi connectivity index (χ1) is 16.9. The lowest BCUT2D eigenvalue weighted by molar-refractivity contribution is 0.102. The highest BCUT2D eigenvalue weighted by Gasteiger charge is 2.21. The Kier molecular flexibility index (Phi) is 7.33. The van der Waals surface area contributed by atoms with Gasteiger partial charge in [-0.3, -0.25) is 23.7 Å². The van der Waals surface area contributed by atoms with Crippen LogP contribution >= 0.6 is 11.8 Å². The molecule has 0 bridgehead atoms. The second-order valence-corrected chi connectivity index (χ2v) is 8.78. The minimum absolute atomic E-state index is 0.0904. The largest absolute Gasteiger partial charge is 0.384 e. The molecule has 2 aromatic heterocycles. The van der Waals surface area contributed by atoms with Crippen LogP contribution < -0.4 is 17.0 Å². The topological polar surface area (TPSA) is 125 Å². The summed E-state index contributed by atoms with van der Waals surface area (Å²) >= 11 is 1.19. The van der Waals surface area contributed by atoms with Gasteiger partial charge >= 0.3 is 5.69 Å². The number of nitrogens with zero attached hydrogens (tertiary/aromatic N) is 3. The molecule has 2 aromatic carbocycles. The van der Waals surface area contributed by atoms with E-state index in [1.54, 1.807) is 6.20 Å². The molecule has 4 rings (SSSR count). The van der Waals surface area contributed by atoms with Crippen molar-refractivity contribution in [1.29, 1.82) is 0 Å². The minimum Gasteiger partial charge on any atom is -0.384 e. The molecule has 3 N–H and O–H groups in total. The lowest BCUT2D eigenvalue weighted by atomic mass is 10.1. The molecule has 0 atom stereocenters. The van der Waals surface area contributed by atoms with Crippen LogP contribution in [0.4, 0.5) is 5.82 Å². The van der Waals surface area contributed by atoms with Crippen LogP contribution in [0.2, 0.25) is 0 Å². The first-order valence-electron chi connectivity index (χ1n) is 10.9. The van der Waals surface area contributed by atoms with Crippen molar-refractivity contribution >= 4 is 23.4 Å². The van der Waals surface area contributed by atoms with Crippen molar-refractivity contribution in [3.05, 3.63) is 92.8 Å². The van der Waals surface area contributed by atoms with Gasteiger partial charge in [0.05, 0.1) is 30.8 Å². The van der Waals surface area contributed by atoms with Crippen molar-refractivity contribution in [3.8, 4) is 16.9 Å². The second-order valence-electron chi connectivity index (χ2n) is 7.84. The Hall–Kier alpha value is -3.89. The van der Waals surface area contributed by atoms with E-state index in [4.69, 9.17) is 10.5 Å². The fraction of sp³-hybridized carbons (Fsp3) is 0.200. The molecule has 0 radical (unpaired) electrons. The SMILES string of the molecule is COCCn1c(N)c(C(=O)CSc2ncc(-c3ccccc3)n2-c2ccc(C)cc2)c(=O)[nH]c1=O. The summed E-state index contributed by atoms with van der Waals surface area (Å²) < 4.78 is 8.09. The minimum atomic E-state index is -0.807. The number of nitrogens with two attached hydrogens (primary N) is 1. The van der Waals surface area contributed by atoms with Crippen LogP contribution in [0.1, 0.15) is 15.9 Å². The number of imidazole rings is 1. The zero-order chi connectivity index (χ0) is 24.9. The van der Waals surface area contributed by atoms with Gasteiger partial charge in [-0.2, -0.15) is 0 Å². The fourth-order valence-electron chi connectivity index (χ4n) is 3.66. The molecule has 0 amide bonds. The summed E-state index contributed by atoms with van der Waals surface area (Å²) in [7, 11) is 1.48. The molecule has 0 saturated heterocycles. The summed E-state index contributed by atoms with van der Waals surface area (Å²) in [6, 6.07) is 17.8. The number of aromatic nitrogens is 4. The Balaban J connectivity index is 1.67. The molecule has 9 nitrogen and oxygen atoms in total. The van der Waals surface area contributed by atoms with E-state index in [1.807, 2.05) is 66.1 Å². The van der Waals surface area contributed by atoms with Crippen molar-refractivity contribution in [2.75, 3.05) is 25.2 Å². The molecule has 35 heavy (non-hydrogen) atoms. The smallest absolute Gasteiger partial charge is 0.330 e. The zero-order valence-electron chi connectivity index (χ0n) is 19.4. The van der Waals surface area contributed by atoms with Gasteiger partial charge in [-0.05, 0) is 19.1 Å². The number of Topliss-reactive ketones (excluding diaryl/α,β-unsaturated/α-hetero) is 1. The number of benzene rings is 2. The predicted octanol–water partition coefficient (Wildman–Crippen LogP) is 2.90. The highest BCUT2D eigenvalue weighted by atomic mass is 32.2. The van der Waals surface area contributed by atoms with Crippen LogP contribution in [0.15, 0.2) is 75.5 Å². The molecule has 4 aromatic rings. The first-order valence-corrected chi connectivity index (χ1v) is 11.9. The number of ether oxygens (including phenoxy) is 1. The molecular formula is C25H25N5O4S. The Morgan fingerprint density at radius 2 is 1.83 bits per heavy atom. The highest BCUT2D eigenvalue weighted by Crippen LogP contribution is 2.30. The van der Waals surface area contributed by atoms with E-state index < -0.39 is 17.0 Å². The standard InChI is InChI=1S/C25H25N5O4S/c1-16-8-10-18(11-9-16)30-19(17-6-4-3-5-7-17)14-27-25(30)35-15-20(31)21-22(26)29(12-13-34-2)24(33)28-23(21)32/h3-11,14H,12-13,15,26H2,1-2H3,(H,28,32,33). The number of H-pyrrole nitrogens is 1. The predicted molar refractivity (Wildman–Crippen MR) is 136 cm³/mol. The van der Waals surface area contributed by atoms with E-state index in [9.17, 15) is 14.4 Å². The van der Waals surface area contributed by atoms with Gasteiger partial charge in [0, 0.05) is 18.4 Å². The summed E-state index contributed by atoms with van der Waals surface area (Å²) in [6.45, 7) is 2.33. The Labute approximate surface area is 205 Å². The van der Waals surface area contributed by atoms with Crippen molar-refractivity contribution in [2.45, 2.75) is 18.6 Å². The molecule has 0 fully saturated rings. The van der Waals surface area contributed by atoms with E-state index >= 15 is 0 Å². The summed E-state index contributed by atoms with van der Waals surface area (Å²) in [4.78, 5) is 44.3. The fourth-order valence-corrected chi connectivity index (χ4v) is 4.52. The van der Waals surface area contributed by atoms with Gasteiger partial charge in [0.15, 0.2) is 10.9 Å². The van der Waals surface area contributed by atoms with Crippen molar-refractivity contribution in [3.63, 3.8) is 0 Å². The molecule has 2 heterocycles. The number of rotatable bonds is 9. The molecule has 0 unspecified atom stereocenters. The normalized spacial score (nSPS) is 11.0. The summed E-state index contributed by atoms with van der Waals surface area (Å²) in [5.74, 6) is -0.764. The number of aryl methyl sites for hydroxylation is 1. The maximum absolute atomic E-state index is 13.1. The third-order valence-corrected chi connectivity index (χ3v) is 6.41. The van der Waals surface area contributed by atoms with Gasteiger partial charge < -0.3 is 10.5 Å². The van der Waals surface area contributed by atoms with Gasteiger partial charge in [-0.1, -0.05) is 59.8 Å². The Bertz CT molecular complexity index is 1460. The molecule has 180 valence electrons. The molecule has 0 aliphatic rings. The lowest BCUT2D eigenvalue weighted by Crippen LogP contribution is -2.37. The van der Waals surface area contributed by atoms with E-state index in [1.165, 1.54) is 18.9 Å². The van der Waals surface area contributed by atoms with Crippen LogP contribution in [0, 0.1) is 6.92 Å². The summed E-state index contributed by atoms with van der Waals surface area (Å²) in [6.07, 6.45) is 1.76. The second kappa shape index (κ2) is 10.6. The number of methoxy groups -OCH3 is 1. The number of anilines is 1.